The van der Waals surface area contributed by atoms with Crippen LogP contribution in [0.3, 0.4) is 0 Å². The van der Waals surface area contributed by atoms with Crippen molar-refractivity contribution in [2.45, 2.75) is 78.1 Å². The third kappa shape index (κ3) is 14.3. The van der Waals surface area contributed by atoms with E-state index in [1.54, 1.807) is 0 Å². The molecule has 0 rings (SSSR count). The molecular weight excluding hydrogens is 341 g/mol. The highest BCUT2D eigenvalue weighted by atomic mass is 28.4. The highest BCUT2D eigenvalue weighted by Crippen LogP contribution is 2.25. The first-order valence-corrected chi connectivity index (χ1v) is 21.8. The molecule has 134 valence electrons. The lowest BCUT2D eigenvalue weighted by atomic mass is 10.2. The third-order valence-electron chi connectivity index (χ3n) is 2.87. The molecule has 0 atom stereocenters. The zero-order valence-corrected chi connectivity index (χ0v) is 20.9. The molecular formula is C15H40O3Si4. The Morgan fingerprint density at radius 2 is 0.955 bits per heavy atom. The van der Waals surface area contributed by atoms with E-state index in [2.05, 4.69) is 72.0 Å². The zero-order chi connectivity index (χ0) is 17.8. The van der Waals surface area contributed by atoms with E-state index in [4.69, 9.17) is 13.0 Å². The number of rotatable bonds is 10. The quantitative estimate of drug-likeness (QED) is 0.477. The fourth-order valence-corrected chi connectivity index (χ4v) is 12.5. The van der Waals surface area contributed by atoms with Crippen molar-refractivity contribution in [1.82, 2.24) is 0 Å². The van der Waals surface area contributed by atoms with Gasteiger partial charge in [-0.15, -0.1) is 0 Å². The van der Waals surface area contributed by atoms with Crippen LogP contribution in [0.25, 0.3) is 0 Å². The van der Waals surface area contributed by atoms with E-state index in [1.165, 1.54) is 0 Å². The molecule has 0 aliphatic heterocycles. The Labute approximate surface area is 143 Å². The minimum absolute atomic E-state index is 0.469. The second-order valence-corrected chi connectivity index (χ2v) is 27.9. The summed E-state index contributed by atoms with van der Waals surface area (Å²) >= 11 is 0. The van der Waals surface area contributed by atoms with Gasteiger partial charge in [-0.3, -0.25) is 0 Å². The van der Waals surface area contributed by atoms with Crippen LogP contribution in [0.15, 0.2) is 0 Å². The molecule has 0 spiro atoms. The van der Waals surface area contributed by atoms with Crippen LogP contribution in [0.1, 0.15) is 0 Å². The molecule has 0 heterocycles. The van der Waals surface area contributed by atoms with E-state index in [-0.39, 0.29) is 0 Å². The van der Waals surface area contributed by atoms with Gasteiger partial charge >= 0.3 is 0 Å². The first-order valence-electron chi connectivity index (χ1n) is 8.47. The van der Waals surface area contributed by atoms with Gasteiger partial charge in [0.25, 0.3) is 0 Å². The van der Waals surface area contributed by atoms with Gasteiger partial charge in [-0.2, -0.15) is 0 Å². The van der Waals surface area contributed by atoms with Crippen molar-refractivity contribution in [2.75, 3.05) is 13.2 Å². The standard InChI is InChI=1S/C15H40O3Si4/c1-19(2,3)16-12-15(13-17-20(4,5)6)14-22(10,11)18-21(7,8)9/h15H,12-14H2,1-11H3. The molecule has 0 saturated heterocycles. The lowest BCUT2D eigenvalue weighted by molar-refractivity contribution is 0.177. The Morgan fingerprint density at radius 1 is 0.591 bits per heavy atom. The molecule has 0 amide bonds. The molecule has 0 radical (unpaired) electrons. The van der Waals surface area contributed by atoms with Crippen LogP contribution in [0.4, 0.5) is 0 Å². The highest BCUT2D eigenvalue weighted by molar-refractivity contribution is 6.84. The smallest absolute Gasteiger partial charge is 0.183 e. The summed E-state index contributed by atoms with van der Waals surface area (Å²) in [5, 5.41) is 0. The molecule has 0 fully saturated rings. The normalized spacial score (nSPS) is 14.7. The molecule has 3 nitrogen and oxygen atoms in total. The molecule has 0 aliphatic rings. The van der Waals surface area contributed by atoms with Crippen molar-refractivity contribution < 1.29 is 13.0 Å². The van der Waals surface area contributed by atoms with Crippen LogP contribution in [0.5, 0.6) is 0 Å². The zero-order valence-electron chi connectivity index (χ0n) is 16.9. The Bertz CT molecular complexity index is 309. The summed E-state index contributed by atoms with van der Waals surface area (Å²) in [6.45, 7) is 26.7. The molecule has 0 aromatic carbocycles. The number of hydrogen-bond acceptors (Lipinski definition) is 3. The molecule has 0 unspecified atom stereocenters. The minimum atomic E-state index is -1.66. The lowest BCUT2D eigenvalue weighted by Gasteiger charge is -2.35. The van der Waals surface area contributed by atoms with Gasteiger partial charge in [-0.05, 0) is 78.1 Å². The van der Waals surface area contributed by atoms with Crippen LogP contribution < -0.4 is 0 Å². The van der Waals surface area contributed by atoms with E-state index in [0.29, 0.717) is 5.92 Å². The first kappa shape index (κ1) is 22.7. The summed E-state index contributed by atoms with van der Waals surface area (Å²) in [4.78, 5) is 0. The summed E-state index contributed by atoms with van der Waals surface area (Å²) < 4.78 is 18.9. The fraction of sp³-hybridized carbons (Fsp3) is 1.00. The Hall–Kier alpha value is 0.748. The lowest BCUT2D eigenvalue weighted by Crippen LogP contribution is -2.45. The molecule has 0 saturated carbocycles. The van der Waals surface area contributed by atoms with E-state index in [1.807, 2.05) is 0 Å². The van der Waals surface area contributed by atoms with Crippen LogP contribution in [0.2, 0.25) is 78.1 Å². The number of hydrogen-bond donors (Lipinski definition) is 0. The maximum absolute atomic E-state index is 6.51. The topological polar surface area (TPSA) is 27.7 Å². The Morgan fingerprint density at radius 3 is 1.23 bits per heavy atom. The summed E-state index contributed by atoms with van der Waals surface area (Å²) in [5.74, 6) is 0.469. The van der Waals surface area contributed by atoms with Gasteiger partial charge in [-0.1, -0.05) is 0 Å². The van der Waals surface area contributed by atoms with E-state index < -0.39 is 33.3 Å². The average Bonchev–Trinajstić information content (AvgIpc) is 2.15. The van der Waals surface area contributed by atoms with E-state index in [0.717, 1.165) is 19.3 Å². The monoisotopic (exact) mass is 380 g/mol. The van der Waals surface area contributed by atoms with Gasteiger partial charge in [0.05, 0.1) is 0 Å². The molecule has 0 bridgehead atoms. The Kier molecular flexibility index (Phi) is 8.50. The SMILES string of the molecule is C[Si](C)(C)OCC(CO[Si](C)(C)C)C[Si](C)(C)O[Si](C)(C)C. The Balaban J connectivity index is 4.76. The van der Waals surface area contributed by atoms with Crippen LogP contribution in [-0.4, -0.2) is 46.5 Å². The molecule has 0 aromatic rings. The third-order valence-corrected chi connectivity index (χ3v) is 11.2. The second kappa shape index (κ2) is 8.22. The summed E-state index contributed by atoms with van der Waals surface area (Å²) in [5.41, 5.74) is 0. The largest absolute Gasteiger partial charge is 0.456 e. The maximum Gasteiger partial charge on any atom is 0.183 e. The molecule has 7 heteroatoms. The van der Waals surface area contributed by atoms with E-state index >= 15 is 0 Å². The molecule has 22 heavy (non-hydrogen) atoms. The summed E-state index contributed by atoms with van der Waals surface area (Å²) in [6.07, 6.45) is 0. The van der Waals surface area contributed by atoms with Gasteiger partial charge in [0.15, 0.2) is 33.3 Å². The van der Waals surface area contributed by atoms with Crippen LogP contribution in [-0.2, 0) is 13.0 Å². The predicted octanol–water partition coefficient (Wildman–Crippen LogP) is 5.36. The molecule has 0 N–H and O–H groups in total. The van der Waals surface area contributed by atoms with Crippen LogP contribution in [0, 0.1) is 5.92 Å². The van der Waals surface area contributed by atoms with Gasteiger partial charge < -0.3 is 13.0 Å². The van der Waals surface area contributed by atoms with E-state index in [9.17, 15) is 0 Å². The summed E-state index contributed by atoms with van der Waals surface area (Å²) in [7, 11) is -6.10. The van der Waals surface area contributed by atoms with Crippen LogP contribution >= 0.6 is 0 Å². The van der Waals surface area contributed by atoms with Gasteiger partial charge in [-0.25, -0.2) is 0 Å². The average molecular weight is 381 g/mol. The molecule has 0 aromatic heterocycles. The predicted molar refractivity (Wildman–Crippen MR) is 109 cm³/mol. The summed E-state index contributed by atoms with van der Waals surface area (Å²) in [6, 6.07) is 1.13. The minimum Gasteiger partial charge on any atom is -0.456 e. The van der Waals surface area contributed by atoms with Crippen molar-refractivity contribution in [2.24, 2.45) is 5.92 Å². The van der Waals surface area contributed by atoms with Crippen molar-refractivity contribution in [3.8, 4) is 0 Å². The van der Waals surface area contributed by atoms with Gasteiger partial charge in [0.1, 0.15) is 0 Å². The van der Waals surface area contributed by atoms with Crippen molar-refractivity contribution in [1.29, 1.82) is 0 Å². The fourth-order valence-electron chi connectivity index (χ4n) is 2.47. The molecule has 0 aliphatic carbocycles. The maximum atomic E-state index is 6.51. The van der Waals surface area contributed by atoms with Crippen molar-refractivity contribution >= 4 is 33.3 Å². The van der Waals surface area contributed by atoms with Gasteiger partial charge in [0, 0.05) is 19.1 Å². The van der Waals surface area contributed by atoms with Gasteiger partial charge in [0.2, 0.25) is 0 Å². The van der Waals surface area contributed by atoms with Crippen molar-refractivity contribution in [3.63, 3.8) is 0 Å². The van der Waals surface area contributed by atoms with Crippen molar-refractivity contribution in [3.05, 3.63) is 0 Å². The highest BCUT2D eigenvalue weighted by Gasteiger charge is 2.33. The second-order valence-electron chi connectivity index (χ2n) is 9.89. The first-order chi connectivity index (χ1) is 9.49.